The van der Waals surface area contributed by atoms with Gasteiger partial charge >= 0.3 is 6.61 Å². The van der Waals surface area contributed by atoms with Crippen LogP contribution in [0.3, 0.4) is 0 Å². The van der Waals surface area contributed by atoms with Crippen LogP contribution >= 0.6 is 11.6 Å². The van der Waals surface area contributed by atoms with Gasteiger partial charge in [-0.25, -0.2) is 0 Å². The molecule has 0 aliphatic carbocycles. The van der Waals surface area contributed by atoms with E-state index in [9.17, 15) is 8.78 Å². The van der Waals surface area contributed by atoms with Gasteiger partial charge in [0.1, 0.15) is 5.75 Å². The smallest absolute Gasteiger partial charge is 0.387 e. The molecule has 0 saturated heterocycles. The van der Waals surface area contributed by atoms with E-state index in [-0.39, 0.29) is 5.75 Å². The van der Waals surface area contributed by atoms with Gasteiger partial charge in [0.25, 0.3) is 0 Å². The predicted molar refractivity (Wildman–Crippen MR) is 74.4 cm³/mol. The number of halogens is 3. The van der Waals surface area contributed by atoms with Gasteiger partial charge in [-0.2, -0.15) is 8.78 Å². The van der Waals surface area contributed by atoms with Crippen LogP contribution in [0.1, 0.15) is 11.1 Å². The molecule has 1 aromatic heterocycles. The first kappa shape index (κ1) is 14.5. The van der Waals surface area contributed by atoms with Crippen molar-refractivity contribution in [2.24, 2.45) is 0 Å². The van der Waals surface area contributed by atoms with Gasteiger partial charge in [-0.1, -0.05) is 11.6 Å². The summed E-state index contributed by atoms with van der Waals surface area (Å²) in [5.41, 5.74) is 2.36. The molecule has 0 fully saturated rings. The highest BCUT2D eigenvalue weighted by atomic mass is 35.5. The zero-order valence-electron chi connectivity index (χ0n) is 10.7. The summed E-state index contributed by atoms with van der Waals surface area (Å²) in [5.74, 6) is 0.109. The number of nitrogens with one attached hydrogen (secondary N) is 1. The van der Waals surface area contributed by atoms with Crippen molar-refractivity contribution in [3.8, 4) is 5.75 Å². The topological polar surface area (TPSA) is 34.2 Å². The van der Waals surface area contributed by atoms with Gasteiger partial charge in [-0.05, 0) is 36.8 Å². The molecule has 0 bridgehead atoms. The summed E-state index contributed by atoms with van der Waals surface area (Å²) in [6, 6.07) is 6.44. The largest absolute Gasteiger partial charge is 0.434 e. The average molecular weight is 299 g/mol. The van der Waals surface area contributed by atoms with Crippen molar-refractivity contribution in [3.05, 3.63) is 52.8 Å². The van der Waals surface area contributed by atoms with E-state index in [4.69, 9.17) is 11.6 Å². The first-order chi connectivity index (χ1) is 9.54. The van der Waals surface area contributed by atoms with E-state index in [0.717, 1.165) is 11.3 Å². The number of ether oxygens (including phenoxy) is 1. The molecule has 0 atom stereocenters. The summed E-state index contributed by atoms with van der Waals surface area (Å²) in [6.45, 7) is -0.632. The van der Waals surface area contributed by atoms with Gasteiger partial charge in [-0.15, -0.1) is 0 Å². The van der Waals surface area contributed by atoms with Crippen LogP contribution in [0.2, 0.25) is 5.02 Å². The minimum Gasteiger partial charge on any atom is -0.434 e. The Morgan fingerprint density at radius 1 is 1.30 bits per heavy atom. The van der Waals surface area contributed by atoms with E-state index in [1.165, 1.54) is 12.1 Å². The summed E-state index contributed by atoms with van der Waals surface area (Å²) < 4.78 is 29.1. The summed E-state index contributed by atoms with van der Waals surface area (Å²) in [6.07, 6.45) is 3.39. The Hall–Kier alpha value is -1.88. The number of rotatable bonds is 5. The molecular weight excluding hydrogens is 286 g/mol. The van der Waals surface area contributed by atoms with Gasteiger partial charge in [0.2, 0.25) is 0 Å². The maximum absolute atomic E-state index is 12.3. The van der Waals surface area contributed by atoms with Crippen molar-refractivity contribution in [2.75, 3.05) is 5.32 Å². The quantitative estimate of drug-likeness (QED) is 0.895. The van der Waals surface area contributed by atoms with Gasteiger partial charge in [0.05, 0.1) is 5.69 Å². The first-order valence-corrected chi connectivity index (χ1v) is 6.31. The van der Waals surface area contributed by atoms with E-state index in [1.807, 2.05) is 13.0 Å². The Balaban J connectivity index is 2.13. The van der Waals surface area contributed by atoms with Gasteiger partial charge in [0.15, 0.2) is 0 Å². The molecule has 106 valence electrons. The van der Waals surface area contributed by atoms with Crippen molar-refractivity contribution >= 4 is 17.3 Å². The Morgan fingerprint density at radius 3 is 2.80 bits per heavy atom. The zero-order chi connectivity index (χ0) is 14.5. The second-order valence-electron chi connectivity index (χ2n) is 4.24. The Labute approximate surface area is 120 Å². The molecule has 0 aliphatic heterocycles. The molecule has 2 rings (SSSR count). The highest BCUT2D eigenvalue weighted by Crippen LogP contribution is 2.25. The predicted octanol–water partition coefficient (Wildman–Crippen LogP) is 4.26. The zero-order valence-corrected chi connectivity index (χ0v) is 11.5. The number of anilines is 1. The number of nitrogens with zero attached hydrogens (tertiary/aromatic N) is 1. The lowest BCUT2D eigenvalue weighted by molar-refractivity contribution is -0.0504. The summed E-state index contributed by atoms with van der Waals surface area (Å²) in [5, 5.41) is 3.56. The molecule has 6 heteroatoms. The van der Waals surface area contributed by atoms with Crippen LogP contribution in [0.5, 0.6) is 5.75 Å². The number of aryl methyl sites for hydroxylation is 1. The molecule has 1 aromatic carbocycles. The van der Waals surface area contributed by atoms with E-state index in [1.54, 1.807) is 18.5 Å². The summed E-state index contributed by atoms with van der Waals surface area (Å²) >= 11 is 5.88. The van der Waals surface area contributed by atoms with Crippen molar-refractivity contribution in [3.63, 3.8) is 0 Å². The molecule has 3 nitrogen and oxygen atoms in total. The standard InChI is InChI=1S/C14H13ClF2N2O/c1-9-4-12(8-18-6-9)19-7-10-5-11(15)2-3-13(10)20-14(16)17/h2-6,8,14,19H,7H2,1H3. The SMILES string of the molecule is Cc1cncc(NCc2cc(Cl)ccc2OC(F)F)c1. The lowest BCUT2D eigenvalue weighted by Crippen LogP contribution is -2.07. The highest BCUT2D eigenvalue weighted by Gasteiger charge is 2.10. The van der Waals surface area contributed by atoms with Crippen LogP contribution in [0.25, 0.3) is 0 Å². The number of aromatic nitrogens is 1. The van der Waals surface area contributed by atoms with Crippen LogP contribution in [-0.2, 0) is 6.54 Å². The third-order valence-electron chi connectivity index (χ3n) is 2.60. The fourth-order valence-corrected chi connectivity index (χ4v) is 1.94. The molecule has 0 radical (unpaired) electrons. The van der Waals surface area contributed by atoms with Crippen LogP contribution in [-0.4, -0.2) is 11.6 Å². The molecule has 2 aromatic rings. The third-order valence-corrected chi connectivity index (χ3v) is 2.83. The molecule has 1 N–H and O–H groups in total. The van der Waals surface area contributed by atoms with E-state index < -0.39 is 6.61 Å². The fraction of sp³-hybridized carbons (Fsp3) is 0.214. The van der Waals surface area contributed by atoms with Crippen molar-refractivity contribution in [2.45, 2.75) is 20.1 Å². The van der Waals surface area contributed by atoms with Crippen LogP contribution in [0.15, 0.2) is 36.7 Å². The summed E-state index contributed by atoms with van der Waals surface area (Å²) in [7, 11) is 0. The molecule has 1 heterocycles. The number of benzene rings is 1. The number of pyridine rings is 1. The van der Waals surface area contributed by atoms with E-state index in [2.05, 4.69) is 15.0 Å². The Bertz CT molecular complexity index is 593. The van der Waals surface area contributed by atoms with Crippen LogP contribution in [0.4, 0.5) is 14.5 Å². The normalized spacial score (nSPS) is 10.7. The molecular formula is C14H13ClF2N2O. The maximum atomic E-state index is 12.3. The average Bonchev–Trinajstić information content (AvgIpc) is 2.39. The van der Waals surface area contributed by atoms with Gasteiger partial charge in [-0.3, -0.25) is 4.98 Å². The number of hydrogen-bond acceptors (Lipinski definition) is 3. The second-order valence-corrected chi connectivity index (χ2v) is 4.67. The molecule has 0 spiro atoms. The molecule has 0 unspecified atom stereocenters. The number of alkyl halides is 2. The van der Waals surface area contributed by atoms with Gasteiger partial charge < -0.3 is 10.1 Å². The van der Waals surface area contributed by atoms with Crippen LogP contribution in [0, 0.1) is 6.92 Å². The molecule has 20 heavy (non-hydrogen) atoms. The summed E-state index contributed by atoms with van der Waals surface area (Å²) in [4.78, 5) is 4.05. The van der Waals surface area contributed by atoms with Crippen LogP contribution < -0.4 is 10.1 Å². The van der Waals surface area contributed by atoms with E-state index in [0.29, 0.717) is 17.1 Å². The maximum Gasteiger partial charge on any atom is 0.387 e. The highest BCUT2D eigenvalue weighted by molar-refractivity contribution is 6.30. The third kappa shape index (κ3) is 4.06. The minimum absolute atomic E-state index is 0.109. The number of hydrogen-bond donors (Lipinski definition) is 1. The molecule has 0 aliphatic rings. The minimum atomic E-state index is -2.87. The van der Waals surface area contributed by atoms with Crippen molar-refractivity contribution in [1.82, 2.24) is 4.98 Å². The second kappa shape index (κ2) is 6.52. The Morgan fingerprint density at radius 2 is 2.10 bits per heavy atom. The molecule has 0 saturated carbocycles. The first-order valence-electron chi connectivity index (χ1n) is 5.93. The lowest BCUT2D eigenvalue weighted by atomic mass is 10.2. The monoisotopic (exact) mass is 298 g/mol. The van der Waals surface area contributed by atoms with Crippen molar-refractivity contribution in [1.29, 1.82) is 0 Å². The van der Waals surface area contributed by atoms with E-state index >= 15 is 0 Å². The van der Waals surface area contributed by atoms with Crippen molar-refractivity contribution < 1.29 is 13.5 Å². The lowest BCUT2D eigenvalue weighted by Gasteiger charge is -2.12. The Kier molecular flexibility index (Phi) is 4.74. The van der Waals surface area contributed by atoms with Gasteiger partial charge in [0, 0.05) is 29.5 Å². The fourth-order valence-electron chi connectivity index (χ4n) is 1.75. The molecule has 0 amide bonds.